The number of ether oxygens (including phenoxy) is 2. The Hall–Kier alpha value is -1.56. The van der Waals surface area contributed by atoms with Gasteiger partial charge in [-0.15, -0.1) is 0 Å². The second-order valence-corrected chi connectivity index (χ2v) is 4.82. The first-order chi connectivity index (χ1) is 8.36. The van der Waals surface area contributed by atoms with Crippen molar-refractivity contribution in [3.8, 4) is 0 Å². The molecule has 1 N–H and O–H groups in total. The number of carboxylic acid groups (broad SMARTS) is 1. The first kappa shape index (κ1) is 14.5. The van der Waals surface area contributed by atoms with Crippen molar-refractivity contribution in [2.75, 3.05) is 19.8 Å². The molecule has 0 spiro atoms. The highest BCUT2D eigenvalue weighted by molar-refractivity contribution is 5.70. The Morgan fingerprint density at radius 3 is 2.83 bits per heavy atom. The summed E-state index contributed by atoms with van der Waals surface area (Å²) in [5.74, 6) is -0.945. The summed E-state index contributed by atoms with van der Waals surface area (Å²) in [6.45, 7) is 7.80. The summed E-state index contributed by atoms with van der Waals surface area (Å²) in [5, 5.41) is 8.73. The fourth-order valence-corrected chi connectivity index (χ4v) is 1.75. The van der Waals surface area contributed by atoms with Crippen LogP contribution in [0.2, 0.25) is 0 Å². The van der Waals surface area contributed by atoms with Gasteiger partial charge in [-0.1, -0.05) is 12.7 Å². The molecule has 0 aromatic carbocycles. The van der Waals surface area contributed by atoms with Crippen LogP contribution >= 0.6 is 0 Å². The van der Waals surface area contributed by atoms with Gasteiger partial charge in [-0.05, 0) is 13.8 Å². The van der Waals surface area contributed by atoms with E-state index in [1.54, 1.807) is 0 Å². The summed E-state index contributed by atoms with van der Waals surface area (Å²) in [6.07, 6.45) is 0.395. The number of morpholine rings is 1. The third-order valence-corrected chi connectivity index (χ3v) is 2.74. The van der Waals surface area contributed by atoms with Crippen LogP contribution in [0.4, 0.5) is 4.79 Å². The summed E-state index contributed by atoms with van der Waals surface area (Å²) in [5.41, 5.74) is -0.507. The molecule has 1 amide bonds. The number of nitrogens with zero attached hydrogens (tertiary/aromatic N) is 1. The quantitative estimate of drug-likeness (QED) is 0.767. The zero-order chi connectivity index (χ0) is 13.8. The van der Waals surface area contributed by atoms with Gasteiger partial charge in [0.2, 0.25) is 0 Å². The molecule has 0 aromatic heterocycles. The summed E-state index contributed by atoms with van der Waals surface area (Å²) in [6, 6.07) is 0. The van der Waals surface area contributed by atoms with Gasteiger partial charge in [0.15, 0.2) is 0 Å². The lowest BCUT2D eigenvalue weighted by Gasteiger charge is -2.44. The van der Waals surface area contributed by atoms with E-state index in [1.165, 1.54) is 11.0 Å². The smallest absolute Gasteiger partial charge is 0.410 e. The molecular formula is C12H19NO5. The summed E-state index contributed by atoms with van der Waals surface area (Å²) >= 11 is 0. The molecule has 1 heterocycles. The van der Waals surface area contributed by atoms with Gasteiger partial charge in [0.05, 0.1) is 31.2 Å². The van der Waals surface area contributed by atoms with Crippen LogP contribution in [0.3, 0.4) is 0 Å². The Labute approximate surface area is 106 Å². The Kier molecular flexibility index (Phi) is 4.72. The topological polar surface area (TPSA) is 76.1 Å². The van der Waals surface area contributed by atoms with Gasteiger partial charge in [-0.2, -0.15) is 0 Å². The predicted octanol–water partition coefficient (Wildman–Crippen LogP) is 1.26. The standard InChI is InChI=1S/C12H19NO5/c1-4-5-17-11(16)13-7-9(6-10(14)15)18-8-12(13,2)3/h4,9H,1,5-8H2,2-3H3,(H,14,15). The van der Waals surface area contributed by atoms with Crippen molar-refractivity contribution < 1.29 is 24.2 Å². The molecule has 1 saturated heterocycles. The van der Waals surface area contributed by atoms with Crippen LogP contribution in [0.15, 0.2) is 12.7 Å². The molecule has 1 aliphatic rings. The zero-order valence-corrected chi connectivity index (χ0v) is 10.7. The zero-order valence-electron chi connectivity index (χ0n) is 10.7. The number of hydrogen-bond donors (Lipinski definition) is 1. The molecule has 1 aliphatic heterocycles. The van der Waals surface area contributed by atoms with Gasteiger partial charge in [-0.3, -0.25) is 9.69 Å². The van der Waals surface area contributed by atoms with Crippen molar-refractivity contribution in [1.29, 1.82) is 0 Å². The maximum atomic E-state index is 11.9. The molecule has 102 valence electrons. The van der Waals surface area contributed by atoms with Crippen molar-refractivity contribution in [3.63, 3.8) is 0 Å². The average Bonchev–Trinajstić information content (AvgIpc) is 2.27. The van der Waals surface area contributed by atoms with E-state index >= 15 is 0 Å². The molecule has 0 saturated carbocycles. The molecule has 1 rings (SSSR count). The Morgan fingerprint density at radius 2 is 2.28 bits per heavy atom. The number of hydrogen-bond acceptors (Lipinski definition) is 4. The summed E-state index contributed by atoms with van der Waals surface area (Å²) in [7, 11) is 0. The largest absolute Gasteiger partial charge is 0.481 e. The number of aliphatic carboxylic acids is 1. The van der Waals surface area contributed by atoms with Gasteiger partial charge >= 0.3 is 12.1 Å². The molecule has 1 fully saturated rings. The van der Waals surface area contributed by atoms with Crippen LogP contribution in [0.1, 0.15) is 20.3 Å². The van der Waals surface area contributed by atoms with Crippen molar-refractivity contribution in [3.05, 3.63) is 12.7 Å². The van der Waals surface area contributed by atoms with Gasteiger partial charge in [0.1, 0.15) is 6.61 Å². The molecule has 6 nitrogen and oxygen atoms in total. The highest BCUT2D eigenvalue weighted by atomic mass is 16.6. The Balaban J connectivity index is 2.67. The van der Waals surface area contributed by atoms with Crippen LogP contribution in [0.5, 0.6) is 0 Å². The fraction of sp³-hybridized carbons (Fsp3) is 0.667. The molecular weight excluding hydrogens is 238 g/mol. The Bertz CT molecular complexity index is 339. The number of amides is 1. The summed E-state index contributed by atoms with van der Waals surface area (Å²) < 4.78 is 10.4. The molecule has 1 atom stereocenters. The van der Waals surface area contributed by atoms with Crippen LogP contribution < -0.4 is 0 Å². The van der Waals surface area contributed by atoms with E-state index < -0.39 is 23.7 Å². The van der Waals surface area contributed by atoms with Gasteiger partial charge in [-0.25, -0.2) is 4.79 Å². The van der Waals surface area contributed by atoms with Crippen molar-refractivity contribution >= 4 is 12.1 Å². The van der Waals surface area contributed by atoms with Crippen molar-refractivity contribution in [2.24, 2.45) is 0 Å². The number of carbonyl (C=O) groups is 2. The van der Waals surface area contributed by atoms with Crippen LogP contribution in [-0.2, 0) is 14.3 Å². The third-order valence-electron chi connectivity index (χ3n) is 2.74. The van der Waals surface area contributed by atoms with E-state index in [2.05, 4.69) is 6.58 Å². The van der Waals surface area contributed by atoms with Gasteiger partial charge in [0.25, 0.3) is 0 Å². The lowest BCUT2D eigenvalue weighted by atomic mass is 10.0. The molecule has 0 aliphatic carbocycles. The lowest BCUT2D eigenvalue weighted by molar-refractivity contribution is -0.145. The number of carbonyl (C=O) groups excluding carboxylic acids is 1. The number of rotatable bonds is 4. The molecule has 6 heteroatoms. The van der Waals surface area contributed by atoms with E-state index in [0.717, 1.165) is 0 Å². The van der Waals surface area contributed by atoms with Gasteiger partial charge < -0.3 is 14.6 Å². The number of carboxylic acids is 1. The summed E-state index contributed by atoms with van der Waals surface area (Å²) in [4.78, 5) is 24.0. The fourth-order valence-electron chi connectivity index (χ4n) is 1.75. The van der Waals surface area contributed by atoms with E-state index in [0.29, 0.717) is 0 Å². The predicted molar refractivity (Wildman–Crippen MR) is 64.3 cm³/mol. The maximum Gasteiger partial charge on any atom is 0.410 e. The van der Waals surface area contributed by atoms with E-state index in [-0.39, 0.29) is 26.2 Å². The highest BCUT2D eigenvalue weighted by Gasteiger charge is 2.39. The minimum Gasteiger partial charge on any atom is -0.481 e. The maximum absolute atomic E-state index is 11.9. The van der Waals surface area contributed by atoms with Crippen LogP contribution in [0.25, 0.3) is 0 Å². The van der Waals surface area contributed by atoms with E-state index in [4.69, 9.17) is 14.6 Å². The first-order valence-corrected chi connectivity index (χ1v) is 5.75. The SMILES string of the molecule is C=CCOC(=O)N1CC(CC(=O)O)OCC1(C)C. The average molecular weight is 257 g/mol. The Morgan fingerprint density at radius 1 is 1.61 bits per heavy atom. The van der Waals surface area contributed by atoms with E-state index in [1.807, 2.05) is 13.8 Å². The molecule has 0 bridgehead atoms. The minimum atomic E-state index is -0.945. The lowest BCUT2D eigenvalue weighted by Crippen LogP contribution is -2.58. The molecule has 0 aromatic rings. The monoisotopic (exact) mass is 257 g/mol. The second-order valence-electron chi connectivity index (χ2n) is 4.82. The molecule has 0 radical (unpaired) electrons. The van der Waals surface area contributed by atoms with Crippen LogP contribution in [0, 0.1) is 0 Å². The first-order valence-electron chi connectivity index (χ1n) is 5.75. The van der Waals surface area contributed by atoms with Crippen LogP contribution in [-0.4, -0.2) is 53.5 Å². The normalized spacial score (nSPS) is 22.3. The molecule has 18 heavy (non-hydrogen) atoms. The highest BCUT2D eigenvalue weighted by Crippen LogP contribution is 2.24. The third kappa shape index (κ3) is 3.73. The van der Waals surface area contributed by atoms with Crippen molar-refractivity contribution in [2.45, 2.75) is 31.9 Å². The van der Waals surface area contributed by atoms with E-state index in [9.17, 15) is 9.59 Å². The minimum absolute atomic E-state index is 0.124. The second kappa shape index (κ2) is 5.86. The van der Waals surface area contributed by atoms with Crippen molar-refractivity contribution in [1.82, 2.24) is 4.90 Å². The van der Waals surface area contributed by atoms with Gasteiger partial charge in [0, 0.05) is 0 Å². The molecule has 1 unspecified atom stereocenters.